The van der Waals surface area contributed by atoms with Gasteiger partial charge in [0.25, 0.3) is 0 Å². The Kier molecular flexibility index (Phi) is 42.5. The third-order valence-corrected chi connectivity index (χ3v) is 9.48. The molecule has 5 nitrogen and oxygen atoms in total. The first-order valence-corrected chi connectivity index (χ1v) is 22.5. The van der Waals surface area contributed by atoms with Crippen LogP contribution in [0.3, 0.4) is 0 Å². The first-order chi connectivity index (χ1) is 26.6. The number of allylic oxidation sites excluding steroid dienone is 12. The minimum atomic E-state index is -0.783. The number of carbonyl (C=O) groups is 2. The van der Waals surface area contributed by atoms with Crippen LogP contribution in [0.2, 0.25) is 0 Å². The lowest BCUT2D eigenvalue weighted by atomic mass is 10.1. The van der Waals surface area contributed by atoms with Crippen LogP contribution in [0.15, 0.2) is 72.9 Å². The highest BCUT2D eigenvalue weighted by Gasteiger charge is 2.16. The molecule has 0 aliphatic heterocycles. The summed E-state index contributed by atoms with van der Waals surface area (Å²) >= 11 is 0. The Morgan fingerprint density at radius 1 is 0.444 bits per heavy atom. The Labute approximate surface area is 333 Å². The van der Waals surface area contributed by atoms with E-state index >= 15 is 0 Å². The lowest BCUT2D eigenvalue weighted by molar-refractivity contribution is -0.161. The molecule has 1 unspecified atom stereocenters. The summed E-state index contributed by atoms with van der Waals surface area (Å²) in [4.78, 5) is 24.4. The van der Waals surface area contributed by atoms with Crippen molar-refractivity contribution in [3.8, 4) is 0 Å². The smallest absolute Gasteiger partial charge is 0.306 e. The predicted molar refractivity (Wildman–Crippen MR) is 233 cm³/mol. The van der Waals surface area contributed by atoms with E-state index in [4.69, 9.17) is 9.47 Å². The van der Waals surface area contributed by atoms with Crippen LogP contribution in [0.4, 0.5) is 0 Å². The van der Waals surface area contributed by atoms with Crippen molar-refractivity contribution in [2.45, 2.75) is 213 Å². The van der Waals surface area contributed by atoms with Crippen LogP contribution in [-0.2, 0) is 19.1 Å². The second-order valence-electron chi connectivity index (χ2n) is 14.7. The van der Waals surface area contributed by atoms with E-state index in [1.54, 1.807) is 0 Å². The lowest BCUT2D eigenvalue weighted by Gasteiger charge is -2.15. The molecule has 0 spiro atoms. The average molecular weight is 753 g/mol. The Bertz CT molecular complexity index is 988. The largest absolute Gasteiger partial charge is 0.462 e. The standard InChI is InChI=1S/C49H84O5/c1-3-5-7-9-11-13-15-17-19-21-22-23-24-25-26-28-30-32-34-36-38-40-42-44-49(52)54-47(45-50)46-53-48(51)43-41-39-37-35-33-31-29-27-20-18-16-14-12-10-8-6-4-2/h6,8,12,14-15,17-18,20-22,24-25,47,50H,3-5,7,9-11,13,16,19,23,26-46H2,1-2H3/b8-6-,14-12-,17-15-,20-18-,22-21-,25-24-. The molecule has 0 bridgehead atoms. The minimum Gasteiger partial charge on any atom is -0.462 e. The fourth-order valence-corrected chi connectivity index (χ4v) is 6.10. The van der Waals surface area contributed by atoms with Crippen LogP contribution < -0.4 is 0 Å². The maximum absolute atomic E-state index is 12.2. The van der Waals surface area contributed by atoms with E-state index in [0.29, 0.717) is 12.8 Å². The number of esters is 2. The number of hydrogen-bond donors (Lipinski definition) is 1. The van der Waals surface area contributed by atoms with Gasteiger partial charge in [0.15, 0.2) is 6.10 Å². The van der Waals surface area contributed by atoms with Crippen molar-refractivity contribution in [1.82, 2.24) is 0 Å². The van der Waals surface area contributed by atoms with Crippen molar-refractivity contribution in [2.24, 2.45) is 0 Å². The summed E-state index contributed by atoms with van der Waals surface area (Å²) in [7, 11) is 0. The van der Waals surface area contributed by atoms with Crippen LogP contribution in [0, 0.1) is 0 Å². The molecule has 0 aliphatic carbocycles. The number of aliphatic hydroxyl groups is 1. The molecule has 1 N–H and O–H groups in total. The van der Waals surface area contributed by atoms with Gasteiger partial charge in [-0.1, -0.05) is 183 Å². The van der Waals surface area contributed by atoms with Gasteiger partial charge in [0.05, 0.1) is 6.61 Å². The zero-order valence-electron chi connectivity index (χ0n) is 35.2. The first-order valence-electron chi connectivity index (χ1n) is 22.5. The zero-order chi connectivity index (χ0) is 39.3. The summed E-state index contributed by atoms with van der Waals surface area (Å²) in [5, 5.41) is 9.59. The van der Waals surface area contributed by atoms with Gasteiger partial charge in [0.2, 0.25) is 0 Å². The quantitative estimate of drug-likeness (QED) is 0.0383. The maximum atomic E-state index is 12.2. The molecule has 54 heavy (non-hydrogen) atoms. The van der Waals surface area contributed by atoms with Gasteiger partial charge in [-0.05, 0) is 83.5 Å². The van der Waals surface area contributed by atoms with Gasteiger partial charge < -0.3 is 14.6 Å². The van der Waals surface area contributed by atoms with E-state index < -0.39 is 6.10 Å². The van der Waals surface area contributed by atoms with Gasteiger partial charge in [-0.25, -0.2) is 0 Å². The SMILES string of the molecule is CC/C=C\C/C=C\C/C=C\CCCCCCCCCC(=O)OCC(CO)OC(=O)CCCCCCCCCC/C=C\C/C=C\C/C=C\CCCCCCC. The number of aliphatic hydroxyl groups excluding tert-OH is 1. The second-order valence-corrected chi connectivity index (χ2v) is 14.7. The van der Waals surface area contributed by atoms with Gasteiger partial charge in [-0.3, -0.25) is 9.59 Å². The zero-order valence-corrected chi connectivity index (χ0v) is 35.2. The molecule has 0 saturated carbocycles. The predicted octanol–water partition coefficient (Wildman–Crippen LogP) is 14.5. The molecule has 310 valence electrons. The van der Waals surface area contributed by atoms with Crippen LogP contribution in [-0.4, -0.2) is 36.4 Å². The Balaban J connectivity index is 3.58. The summed E-state index contributed by atoms with van der Waals surface area (Å²) in [5.74, 6) is -0.613. The number of ether oxygens (including phenoxy) is 2. The molecule has 0 aromatic rings. The molecule has 0 fully saturated rings. The molecule has 0 aliphatic rings. The van der Waals surface area contributed by atoms with E-state index in [2.05, 4.69) is 86.8 Å². The van der Waals surface area contributed by atoms with Gasteiger partial charge in [0.1, 0.15) is 6.61 Å². The summed E-state index contributed by atoms with van der Waals surface area (Å²) in [6.07, 6.45) is 59.7. The van der Waals surface area contributed by atoms with Gasteiger partial charge in [0, 0.05) is 12.8 Å². The molecule has 0 heterocycles. The van der Waals surface area contributed by atoms with Gasteiger partial charge in [-0.2, -0.15) is 0 Å². The molecular weight excluding hydrogens is 669 g/mol. The van der Waals surface area contributed by atoms with Crippen LogP contribution in [0.5, 0.6) is 0 Å². The first kappa shape index (κ1) is 51.3. The molecule has 0 radical (unpaired) electrons. The van der Waals surface area contributed by atoms with Crippen molar-refractivity contribution >= 4 is 11.9 Å². The summed E-state index contributed by atoms with van der Waals surface area (Å²) in [6, 6.07) is 0. The fraction of sp³-hybridized carbons (Fsp3) is 0.714. The van der Waals surface area contributed by atoms with Crippen molar-refractivity contribution in [1.29, 1.82) is 0 Å². The monoisotopic (exact) mass is 753 g/mol. The number of unbranched alkanes of at least 4 members (excludes halogenated alkanes) is 20. The average Bonchev–Trinajstić information content (AvgIpc) is 3.17. The van der Waals surface area contributed by atoms with Crippen LogP contribution in [0.25, 0.3) is 0 Å². The van der Waals surface area contributed by atoms with Crippen LogP contribution in [0.1, 0.15) is 206 Å². The molecule has 0 saturated heterocycles. The molecule has 5 heteroatoms. The molecule has 0 aromatic heterocycles. The van der Waals surface area contributed by atoms with Crippen LogP contribution >= 0.6 is 0 Å². The highest BCUT2D eigenvalue weighted by atomic mass is 16.6. The highest BCUT2D eigenvalue weighted by Crippen LogP contribution is 2.13. The maximum Gasteiger partial charge on any atom is 0.306 e. The van der Waals surface area contributed by atoms with Crippen molar-refractivity contribution in [3.63, 3.8) is 0 Å². The second kappa shape index (κ2) is 44.7. The van der Waals surface area contributed by atoms with Crippen molar-refractivity contribution in [2.75, 3.05) is 13.2 Å². The van der Waals surface area contributed by atoms with E-state index in [1.807, 2.05) is 0 Å². The van der Waals surface area contributed by atoms with E-state index in [0.717, 1.165) is 83.5 Å². The van der Waals surface area contributed by atoms with Gasteiger partial charge >= 0.3 is 11.9 Å². The van der Waals surface area contributed by atoms with Crippen molar-refractivity contribution < 1.29 is 24.2 Å². The number of rotatable bonds is 40. The Morgan fingerprint density at radius 2 is 0.796 bits per heavy atom. The highest BCUT2D eigenvalue weighted by molar-refractivity contribution is 5.70. The lowest BCUT2D eigenvalue weighted by Crippen LogP contribution is -2.28. The molecule has 0 rings (SSSR count). The minimum absolute atomic E-state index is 0.0772. The van der Waals surface area contributed by atoms with E-state index in [1.165, 1.54) is 96.3 Å². The number of carbonyl (C=O) groups excluding carboxylic acids is 2. The molecule has 0 amide bonds. The summed E-state index contributed by atoms with van der Waals surface area (Å²) in [5.41, 5.74) is 0. The molecule has 1 atom stereocenters. The third kappa shape index (κ3) is 42.1. The van der Waals surface area contributed by atoms with Gasteiger partial charge in [-0.15, -0.1) is 0 Å². The Morgan fingerprint density at radius 3 is 1.20 bits per heavy atom. The molecular formula is C49H84O5. The fourth-order valence-electron chi connectivity index (χ4n) is 6.10. The summed E-state index contributed by atoms with van der Waals surface area (Å²) < 4.78 is 10.6. The Hall–Kier alpha value is -2.66. The summed E-state index contributed by atoms with van der Waals surface area (Å²) in [6.45, 7) is 4.00. The normalized spacial score (nSPS) is 12.9. The third-order valence-electron chi connectivity index (χ3n) is 9.48. The topological polar surface area (TPSA) is 72.8 Å². The van der Waals surface area contributed by atoms with E-state index in [-0.39, 0.29) is 25.2 Å². The molecule has 0 aromatic carbocycles. The van der Waals surface area contributed by atoms with Crippen molar-refractivity contribution in [3.05, 3.63) is 72.9 Å². The number of hydrogen-bond acceptors (Lipinski definition) is 5. The van der Waals surface area contributed by atoms with E-state index in [9.17, 15) is 14.7 Å².